The molecule has 114 valence electrons. The summed E-state index contributed by atoms with van der Waals surface area (Å²) in [5, 5.41) is 11.6. The van der Waals surface area contributed by atoms with Gasteiger partial charge in [-0.25, -0.2) is 0 Å². The zero-order chi connectivity index (χ0) is 14.8. The maximum Gasteiger partial charge on any atom is 0.221 e. The van der Waals surface area contributed by atoms with Crippen molar-refractivity contribution in [2.24, 2.45) is 7.05 Å². The van der Waals surface area contributed by atoms with Gasteiger partial charge >= 0.3 is 0 Å². The van der Waals surface area contributed by atoms with Crippen molar-refractivity contribution >= 4 is 16.9 Å². The Labute approximate surface area is 123 Å². The minimum Gasteiger partial charge on any atom is -0.376 e. The summed E-state index contributed by atoms with van der Waals surface area (Å²) in [4.78, 5) is 11.9. The SMILES string of the molecule is Cc1nn(C)c2cnn(CCC(=O)NCC3CCCO3)c12. The fraction of sp³-hybridized carbons (Fsp3) is 0.643. The van der Waals surface area contributed by atoms with Gasteiger partial charge in [-0.2, -0.15) is 10.2 Å². The quantitative estimate of drug-likeness (QED) is 0.883. The Morgan fingerprint density at radius 2 is 2.43 bits per heavy atom. The first-order valence-electron chi connectivity index (χ1n) is 7.38. The lowest BCUT2D eigenvalue weighted by Crippen LogP contribution is -2.32. The Morgan fingerprint density at radius 1 is 1.57 bits per heavy atom. The van der Waals surface area contributed by atoms with Gasteiger partial charge in [0.1, 0.15) is 11.0 Å². The van der Waals surface area contributed by atoms with Crippen LogP contribution in [0.25, 0.3) is 11.0 Å². The molecular weight excluding hydrogens is 270 g/mol. The van der Waals surface area contributed by atoms with Gasteiger partial charge in [-0.05, 0) is 19.8 Å². The Bertz CT molecular complexity index is 639. The van der Waals surface area contributed by atoms with E-state index >= 15 is 0 Å². The van der Waals surface area contributed by atoms with Crippen LogP contribution in [0.2, 0.25) is 0 Å². The fourth-order valence-electron chi connectivity index (χ4n) is 2.81. The zero-order valence-electron chi connectivity index (χ0n) is 12.5. The number of nitrogens with one attached hydrogen (secondary N) is 1. The molecule has 1 fully saturated rings. The van der Waals surface area contributed by atoms with Gasteiger partial charge in [0.15, 0.2) is 0 Å². The van der Waals surface area contributed by atoms with Crippen molar-refractivity contribution in [3.8, 4) is 0 Å². The number of fused-ring (bicyclic) bond motifs is 1. The molecule has 1 saturated heterocycles. The van der Waals surface area contributed by atoms with E-state index in [-0.39, 0.29) is 12.0 Å². The van der Waals surface area contributed by atoms with Gasteiger partial charge in [0.25, 0.3) is 0 Å². The summed E-state index contributed by atoms with van der Waals surface area (Å²) in [5.74, 6) is 0.0377. The number of aryl methyl sites for hydroxylation is 3. The molecule has 0 radical (unpaired) electrons. The van der Waals surface area contributed by atoms with E-state index in [2.05, 4.69) is 15.5 Å². The Hall–Kier alpha value is -1.89. The number of hydrogen-bond donors (Lipinski definition) is 1. The fourth-order valence-corrected chi connectivity index (χ4v) is 2.81. The summed E-state index contributed by atoms with van der Waals surface area (Å²) in [6, 6.07) is 0. The van der Waals surface area contributed by atoms with E-state index in [0.29, 0.717) is 19.5 Å². The Morgan fingerprint density at radius 3 is 3.19 bits per heavy atom. The lowest BCUT2D eigenvalue weighted by molar-refractivity contribution is -0.121. The first kappa shape index (κ1) is 14.1. The Kier molecular flexibility index (Phi) is 3.92. The van der Waals surface area contributed by atoms with Crippen molar-refractivity contribution in [2.75, 3.05) is 13.2 Å². The van der Waals surface area contributed by atoms with E-state index in [4.69, 9.17) is 4.74 Å². The van der Waals surface area contributed by atoms with Crippen molar-refractivity contribution in [2.45, 2.75) is 38.8 Å². The van der Waals surface area contributed by atoms with Gasteiger partial charge in [0.05, 0.1) is 24.5 Å². The smallest absolute Gasteiger partial charge is 0.221 e. The molecule has 2 aromatic heterocycles. The average molecular weight is 291 g/mol. The second kappa shape index (κ2) is 5.85. The number of ether oxygens (including phenoxy) is 1. The molecule has 0 saturated carbocycles. The minimum atomic E-state index is 0.0377. The predicted octanol–water partition coefficient (Wildman–Crippen LogP) is 0.764. The van der Waals surface area contributed by atoms with Gasteiger partial charge in [-0.3, -0.25) is 14.2 Å². The van der Waals surface area contributed by atoms with Crippen LogP contribution in [0.1, 0.15) is 25.0 Å². The van der Waals surface area contributed by atoms with Crippen molar-refractivity contribution in [1.29, 1.82) is 0 Å². The molecule has 1 aliphatic heterocycles. The summed E-state index contributed by atoms with van der Waals surface area (Å²) < 4.78 is 9.15. The van der Waals surface area contributed by atoms with Crippen molar-refractivity contribution in [1.82, 2.24) is 24.9 Å². The van der Waals surface area contributed by atoms with Crippen molar-refractivity contribution < 1.29 is 9.53 Å². The van der Waals surface area contributed by atoms with Gasteiger partial charge in [-0.1, -0.05) is 0 Å². The lowest BCUT2D eigenvalue weighted by Gasteiger charge is -2.10. The number of amides is 1. The average Bonchev–Trinajstić information content (AvgIpc) is 3.15. The molecule has 1 unspecified atom stereocenters. The third-order valence-corrected chi connectivity index (χ3v) is 3.91. The van der Waals surface area contributed by atoms with Crippen LogP contribution in [0.5, 0.6) is 0 Å². The molecule has 7 nitrogen and oxygen atoms in total. The molecule has 3 heterocycles. The third-order valence-electron chi connectivity index (χ3n) is 3.91. The van der Waals surface area contributed by atoms with Gasteiger partial charge < -0.3 is 10.1 Å². The van der Waals surface area contributed by atoms with Crippen LogP contribution >= 0.6 is 0 Å². The number of carbonyl (C=O) groups excluding carboxylic acids is 1. The third kappa shape index (κ3) is 2.92. The summed E-state index contributed by atoms with van der Waals surface area (Å²) in [5.41, 5.74) is 2.93. The monoisotopic (exact) mass is 291 g/mol. The van der Waals surface area contributed by atoms with Crippen LogP contribution in [0.15, 0.2) is 6.20 Å². The predicted molar refractivity (Wildman–Crippen MR) is 77.8 cm³/mol. The van der Waals surface area contributed by atoms with Crippen LogP contribution in [0.4, 0.5) is 0 Å². The normalized spacial score (nSPS) is 18.5. The van der Waals surface area contributed by atoms with E-state index in [1.807, 2.05) is 23.3 Å². The maximum absolute atomic E-state index is 11.9. The summed E-state index contributed by atoms with van der Waals surface area (Å²) in [6.45, 7) is 3.94. The number of aromatic nitrogens is 4. The second-order valence-electron chi connectivity index (χ2n) is 5.50. The first-order chi connectivity index (χ1) is 10.1. The van der Waals surface area contributed by atoms with Crippen LogP contribution in [0, 0.1) is 6.92 Å². The highest BCUT2D eigenvalue weighted by Crippen LogP contribution is 2.17. The molecule has 3 rings (SSSR count). The van der Waals surface area contributed by atoms with Crippen LogP contribution in [-0.4, -0.2) is 44.7 Å². The molecule has 2 aromatic rings. The van der Waals surface area contributed by atoms with Crippen molar-refractivity contribution in [3.05, 3.63) is 11.9 Å². The molecule has 0 bridgehead atoms. The summed E-state index contributed by atoms with van der Waals surface area (Å²) in [7, 11) is 1.90. The summed E-state index contributed by atoms with van der Waals surface area (Å²) in [6.07, 6.45) is 4.52. The van der Waals surface area contributed by atoms with Gasteiger partial charge in [0, 0.05) is 26.6 Å². The minimum absolute atomic E-state index is 0.0377. The molecule has 7 heteroatoms. The highest BCUT2D eigenvalue weighted by molar-refractivity contribution is 5.78. The van der Waals surface area contributed by atoms with Gasteiger partial charge in [0.2, 0.25) is 5.91 Å². The van der Waals surface area contributed by atoms with E-state index in [1.54, 1.807) is 6.20 Å². The topological polar surface area (TPSA) is 74.0 Å². The summed E-state index contributed by atoms with van der Waals surface area (Å²) >= 11 is 0. The molecule has 1 atom stereocenters. The van der Waals surface area contributed by atoms with Crippen LogP contribution in [-0.2, 0) is 23.1 Å². The highest BCUT2D eigenvalue weighted by atomic mass is 16.5. The largest absolute Gasteiger partial charge is 0.376 e. The van der Waals surface area contributed by atoms with Crippen LogP contribution < -0.4 is 5.32 Å². The number of nitrogens with zero attached hydrogens (tertiary/aromatic N) is 4. The molecule has 0 spiro atoms. The molecule has 21 heavy (non-hydrogen) atoms. The molecule has 1 amide bonds. The van der Waals surface area contributed by atoms with E-state index in [0.717, 1.165) is 36.2 Å². The molecular formula is C14H21N5O2. The molecule has 1 aliphatic rings. The lowest BCUT2D eigenvalue weighted by atomic mass is 10.2. The molecule has 0 aromatic carbocycles. The molecule has 0 aliphatic carbocycles. The Balaban J connectivity index is 1.54. The highest BCUT2D eigenvalue weighted by Gasteiger charge is 2.16. The standard InChI is InChI=1S/C14H21N5O2/c1-10-14-12(18(2)17-10)9-16-19(14)6-5-13(20)15-8-11-4-3-7-21-11/h9,11H,3-8H2,1-2H3,(H,15,20). The maximum atomic E-state index is 11.9. The second-order valence-corrected chi connectivity index (χ2v) is 5.50. The van der Waals surface area contributed by atoms with Crippen LogP contribution in [0.3, 0.4) is 0 Å². The van der Waals surface area contributed by atoms with E-state index in [1.165, 1.54) is 0 Å². The number of hydrogen-bond acceptors (Lipinski definition) is 4. The number of carbonyl (C=O) groups is 1. The van der Waals surface area contributed by atoms with E-state index in [9.17, 15) is 4.79 Å². The van der Waals surface area contributed by atoms with Gasteiger partial charge in [-0.15, -0.1) is 0 Å². The van der Waals surface area contributed by atoms with E-state index < -0.39 is 0 Å². The van der Waals surface area contributed by atoms with Crippen molar-refractivity contribution in [3.63, 3.8) is 0 Å². The zero-order valence-corrected chi connectivity index (χ0v) is 12.5. The number of rotatable bonds is 5. The first-order valence-corrected chi connectivity index (χ1v) is 7.38. The molecule has 1 N–H and O–H groups in total.